The van der Waals surface area contributed by atoms with Crippen molar-refractivity contribution < 1.29 is 0 Å². The first-order valence-corrected chi connectivity index (χ1v) is 15.5. The standard InChI is InChI=1S/C40H24N2S/c1-2-10-24(11-3-1)25-19-21-36(27-13-5-4-12-26(25)27)42-35-17-9-7-14-28(35)31-22-32-29-18-20-34-39(30-15-6-8-16-33(30)41-34)40(29)43-38(32)23-37(31)42/h1-23,41H. The number of benzene rings is 7. The minimum absolute atomic E-state index is 1.19. The summed E-state index contributed by atoms with van der Waals surface area (Å²) >= 11 is 1.91. The Labute approximate surface area is 251 Å². The van der Waals surface area contributed by atoms with Crippen LogP contribution in [0.1, 0.15) is 0 Å². The van der Waals surface area contributed by atoms with Gasteiger partial charge < -0.3 is 9.55 Å². The number of H-pyrrole nitrogens is 1. The zero-order valence-electron chi connectivity index (χ0n) is 23.1. The zero-order valence-corrected chi connectivity index (χ0v) is 24.0. The molecule has 7 aromatic carbocycles. The predicted octanol–water partition coefficient (Wildman–Crippen LogP) is 11.6. The summed E-state index contributed by atoms with van der Waals surface area (Å²) in [7, 11) is 0. The fourth-order valence-electron chi connectivity index (χ4n) is 7.24. The van der Waals surface area contributed by atoms with Crippen molar-refractivity contribution in [2.75, 3.05) is 0 Å². The fourth-order valence-corrected chi connectivity index (χ4v) is 8.51. The van der Waals surface area contributed by atoms with Gasteiger partial charge in [-0.1, -0.05) is 103 Å². The van der Waals surface area contributed by atoms with Gasteiger partial charge in [-0.25, -0.2) is 0 Å². The minimum atomic E-state index is 1.19. The van der Waals surface area contributed by atoms with Crippen LogP contribution in [0.4, 0.5) is 0 Å². The molecule has 0 saturated heterocycles. The van der Waals surface area contributed by atoms with E-state index in [1.165, 1.54) is 91.4 Å². The van der Waals surface area contributed by atoms with Crippen LogP contribution in [-0.2, 0) is 0 Å². The van der Waals surface area contributed by atoms with Crippen molar-refractivity contribution in [2.24, 2.45) is 0 Å². The SMILES string of the molecule is c1ccc(-c2ccc(-n3c4ccccc4c4cc5c(cc43)sc3c5ccc4[nH]c5ccccc5c43)c3ccccc23)cc1. The average Bonchev–Trinajstić information content (AvgIpc) is 3.72. The number of fused-ring (bicyclic) bond motifs is 11. The highest BCUT2D eigenvalue weighted by atomic mass is 32.1. The van der Waals surface area contributed by atoms with E-state index in [0.29, 0.717) is 0 Å². The van der Waals surface area contributed by atoms with Crippen LogP contribution in [0, 0.1) is 0 Å². The lowest BCUT2D eigenvalue weighted by Crippen LogP contribution is -1.96. The predicted molar refractivity (Wildman–Crippen MR) is 186 cm³/mol. The Morgan fingerprint density at radius 3 is 2.09 bits per heavy atom. The van der Waals surface area contributed by atoms with Crippen LogP contribution in [0.5, 0.6) is 0 Å². The molecular formula is C40H24N2S. The Morgan fingerprint density at radius 1 is 0.465 bits per heavy atom. The molecule has 0 unspecified atom stereocenters. The van der Waals surface area contributed by atoms with Crippen LogP contribution in [-0.4, -0.2) is 9.55 Å². The second-order valence-corrected chi connectivity index (χ2v) is 12.5. The smallest absolute Gasteiger partial charge is 0.0555 e. The summed E-state index contributed by atoms with van der Waals surface area (Å²) in [5.41, 5.74) is 8.57. The van der Waals surface area contributed by atoms with E-state index >= 15 is 0 Å². The first-order chi connectivity index (χ1) is 21.3. The quantitative estimate of drug-likeness (QED) is 0.216. The largest absolute Gasteiger partial charge is 0.354 e. The second-order valence-electron chi connectivity index (χ2n) is 11.4. The van der Waals surface area contributed by atoms with Crippen molar-refractivity contribution in [1.82, 2.24) is 9.55 Å². The third kappa shape index (κ3) is 3.17. The van der Waals surface area contributed by atoms with Gasteiger partial charge in [-0.3, -0.25) is 0 Å². The molecule has 43 heavy (non-hydrogen) atoms. The average molecular weight is 565 g/mol. The molecule has 0 fully saturated rings. The summed E-state index contributed by atoms with van der Waals surface area (Å²) < 4.78 is 5.15. The van der Waals surface area contributed by atoms with Crippen molar-refractivity contribution in [2.45, 2.75) is 0 Å². The molecule has 200 valence electrons. The van der Waals surface area contributed by atoms with E-state index in [2.05, 4.69) is 149 Å². The topological polar surface area (TPSA) is 20.7 Å². The molecule has 0 amide bonds. The Morgan fingerprint density at radius 2 is 1.21 bits per heavy atom. The van der Waals surface area contributed by atoms with Gasteiger partial charge in [-0.15, -0.1) is 11.3 Å². The lowest BCUT2D eigenvalue weighted by molar-refractivity contribution is 1.20. The number of aromatic amines is 1. The first-order valence-electron chi connectivity index (χ1n) is 14.7. The Kier molecular flexibility index (Phi) is 4.63. The van der Waals surface area contributed by atoms with Gasteiger partial charge in [-0.2, -0.15) is 0 Å². The van der Waals surface area contributed by atoms with Crippen LogP contribution in [0.15, 0.2) is 140 Å². The van der Waals surface area contributed by atoms with Crippen LogP contribution in [0.2, 0.25) is 0 Å². The van der Waals surface area contributed by atoms with E-state index in [-0.39, 0.29) is 0 Å². The molecule has 3 heterocycles. The molecule has 0 aliphatic heterocycles. The molecule has 10 rings (SSSR count). The van der Waals surface area contributed by atoms with E-state index in [1.807, 2.05) is 11.3 Å². The molecule has 0 atom stereocenters. The highest BCUT2D eigenvalue weighted by molar-refractivity contribution is 7.26. The maximum Gasteiger partial charge on any atom is 0.0555 e. The first kappa shape index (κ1) is 23.2. The number of thiophene rings is 1. The molecule has 3 aromatic heterocycles. The summed E-state index contributed by atoms with van der Waals surface area (Å²) in [6, 6.07) is 51.0. The minimum Gasteiger partial charge on any atom is -0.354 e. The number of hydrogen-bond donors (Lipinski definition) is 1. The monoisotopic (exact) mass is 564 g/mol. The van der Waals surface area contributed by atoms with E-state index in [1.54, 1.807) is 0 Å². The Hall–Kier alpha value is -5.38. The van der Waals surface area contributed by atoms with Crippen LogP contribution >= 0.6 is 11.3 Å². The highest BCUT2D eigenvalue weighted by Crippen LogP contribution is 2.45. The van der Waals surface area contributed by atoms with Crippen molar-refractivity contribution in [3.63, 3.8) is 0 Å². The molecule has 10 aromatic rings. The normalized spacial score (nSPS) is 12.2. The van der Waals surface area contributed by atoms with E-state index in [0.717, 1.165) is 0 Å². The molecule has 0 saturated carbocycles. The maximum atomic E-state index is 3.63. The molecule has 0 spiro atoms. The number of para-hydroxylation sites is 2. The van der Waals surface area contributed by atoms with Crippen molar-refractivity contribution in [1.29, 1.82) is 0 Å². The van der Waals surface area contributed by atoms with Gasteiger partial charge in [0.15, 0.2) is 0 Å². The summed E-state index contributed by atoms with van der Waals surface area (Å²) in [6.07, 6.45) is 0. The van der Waals surface area contributed by atoms with Crippen LogP contribution in [0.25, 0.3) is 91.4 Å². The van der Waals surface area contributed by atoms with E-state index in [4.69, 9.17) is 0 Å². The molecule has 1 N–H and O–H groups in total. The molecule has 0 bridgehead atoms. The Bertz CT molecular complexity index is 2720. The highest BCUT2D eigenvalue weighted by Gasteiger charge is 2.19. The Balaban J connectivity index is 1.32. The van der Waals surface area contributed by atoms with Gasteiger partial charge in [0.2, 0.25) is 0 Å². The molecule has 3 heteroatoms. The summed E-state index contributed by atoms with van der Waals surface area (Å²) in [6.45, 7) is 0. The van der Waals surface area contributed by atoms with Gasteiger partial charge in [0, 0.05) is 58.1 Å². The number of nitrogens with one attached hydrogen (secondary N) is 1. The third-order valence-corrected chi connectivity index (χ3v) is 10.3. The molecular weight excluding hydrogens is 541 g/mol. The summed E-state index contributed by atoms with van der Waals surface area (Å²) in [5.74, 6) is 0. The van der Waals surface area contributed by atoms with Gasteiger partial charge in [0.05, 0.1) is 16.7 Å². The van der Waals surface area contributed by atoms with Crippen molar-refractivity contribution >= 4 is 85.9 Å². The molecule has 0 radical (unpaired) electrons. The van der Waals surface area contributed by atoms with Crippen molar-refractivity contribution in [3.05, 3.63) is 140 Å². The maximum absolute atomic E-state index is 3.63. The zero-order chi connectivity index (χ0) is 28.1. The van der Waals surface area contributed by atoms with E-state index in [9.17, 15) is 0 Å². The van der Waals surface area contributed by atoms with Crippen LogP contribution < -0.4 is 0 Å². The number of rotatable bonds is 2. The molecule has 2 nitrogen and oxygen atoms in total. The lowest BCUT2D eigenvalue weighted by Gasteiger charge is -2.15. The number of aromatic nitrogens is 2. The number of nitrogens with zero attached hydrogens (tertiary/aromatic N) is 1. The second kappa shape index (κ2) is 8.57. The van der Waals surface area contributed by atoms with E-state index < -0.39 is 0 Å². The fraction of sp³-hybridized carbons (Fsp3) is 0. The van der Waals surface area contributed by atoms with Gasteiger partial charge in [0.25, 0.3) is 0 Å². The molecule has 0 aliphatic rings. The summed E-state index contributed by atoms with van der Waals surface area (Å²) in [4.78, 5) is 3.63. The molecule has 0 aliphatic carbocycles. The van der Waals surface area contributed by atoms with Crippen molar-refractivity contribution in [3.8, 4) is 16.8 Å². The lowest BCUT2D eigenvalue weighted by atomic mass is 9.97. The summed E-state index contributed by atoms with van der Waals surface area (Å²) in [5, 5.41) is 10.4. The third-order valence-electron chi connectivity index (χ3n) is 9.13. The van der Waals surface area contributed by atoms with Crippen LogP contribution in [0.3, 0.4) is 0 Å². The van der Waals surface area contributed by atoms with Gasteiger partial charge in [0.1, 0.15) is 0 Å². The number of hydrogen-bond acceptors (Lipinski definition) is 1. The van der Waals surface area contributed by atoms with Gasteiger partial charge in [-0.05, 0) is 52.9 Å². The van der Waals surface area contributed by atoms with Gasteiger partial charge >= 0.3 is 0 Å².